The molecule has 0 unspecified atom stereocenters. The second-order valence-corrected chi connectivity index (χ2v) is 7.24. The van der Waals surface area contributed by atoms with E-state index in [1.54, 1.807) is 11.8 Å². The lowest BCUT2D eigenvalue weighted by Crippen LogP contribution is -2.16. The Morgan fingerprint density at radius 1 is 1.17 bits per heavy atom. The van der Waals surface area contributed by atoms with E-state index in [4.69, 9.17) is 6.42 Å². The minimum Gasteiger partial charge on any atom is -0.305 e. The SMILES string of the molecule is C#CCn1c(=NC(=O)CCSc2ccccc2)sc2ccccc21. The highest BCUT2D eigenvalue weighted by Crippen LogP contribution is 2.18. The van der Waals surface area contributed by atoms with Crippen molar-refractivity contribution in [2.75, 3.05) is 5.75 Å². The Labute approximate surface area is 149 Å². The predicted molar refractivity (Wildman–Crippen MR) is 101 cm³/mol. The molecule has 0 fully saturated rings. The Hall–Kier alpha value is -2.29. The topological polar surface area (TPSA) is 34.4 Å². The van der Waals surface area contributed by atoms with Crippen molar-refractivity contribution >= 4 is 39.2 Å². The molecule has 1 aromatic heterocycles. The number of benzene rings is 2. The quantitative estimate of drug-likeness (QED) is 0.515. The molecule has 0 saturated heterocycles. The summed E-state index contributed by atoms with van der Waals surface area (Å²) in [6.07, 6.45) is 5.87. The average molecular weight is 352 g/mol. The zero-order chi connectivity index (χ0) is 16.8. The predicted octanol–water partition coefficient (Wildman–Crippen LogP) is 3.95. The summed E-state index contributed by atoms with van der Waals surface area (Å²) >= 11 is 3.16. The summed E-state index contributed by atoms with van der Waals surface area (Å²) in [5.41, 5.74) is 1.02. The van der Waals surface area contributed by atoms with Crippen molar-refractivity contribution < 1.29 is 4.79 Å². The molecule has 0 bridgehead atoms. The molecule has 0 aliphatic rings. The Morgan fingerprint density at radius 3 is 2.71 bits per heavy atom. The van der Waals surface area contributed by atoms with E-state index in [1.807, 2.05) is 59.2 Å². The number of carbonyl (C=O) groups is 1. The Balaban J connectivity index is 1.75. The Bertz CT molecular complexity index is 949. The smallest absolute Gasteiger partial charge is 0.249 e. The van der Waals surface area contributed by atoms with Gasteiger partial charge in [0.2, 0.25) is 5.91 Å². The van der Waals surface area contributed by atoms with Gasteiger partial charge in [0.15, 0.2) is 4.80 Å². The van der Waals surface area contributed by atoms with Gasteiger partial charge >= 0.3 is 0 Å². The minimum atomic E-state index is -0.115. The van der Waals surface area contributed by atoms with Gasteiger partial charge in [-0.05, 0) is 24.3 Å². The molecule has 0 aliphatic carbocycles. The molecular formula is C19H16N2OS2. The molecule has 3 aromatic rings. The van der Waals surface area contributed by atoms with Crippen LogP contribution in [-0.4, -0.2) is 16.2 Å². The normalized spacial score (nSPS) is 11.5. The first kappa shape index (κ1) is 16.6. The number of hydrogen-bond acceptors (Lipinski definition) is 3. The van der Waals surface area contributed by atoms with Crippen LogP contribution in [0.4, 0.5) is 0 Å². The van der Waals surface area contributed by atoms with E-state index in [9.17, 15) is 4.79 Å². The number of hydrogen-bond donors (Lipinski definition) is 0. The fraction of sp³-hybridized carbons (Fsp3) is 0.158. The fourth-order valence-corrected chi connectivity index (χ4v) is 4.19. The van der Waals surface area contributed by atoms with Gasteiger partial charge in [0.05, 0.1) is 16.8 Å². The number of aromatic nitrogens is 1. The largest absolute Gasteiger partial charge is 0.305 e. The molecular weight excluding hydrogens is 336 g/mol. The number of terminal acetylenes is 1. The Kier molecular flexibility index (Phi) is 5.52. The van der Waals surface area contributed by atoms with Gasteiger partial charge < -0.3 is 4.57 Å². The monoisotopic (exact) mass is 352 g/mol. The molecule has 0 aliphatic heterocycles. The van der Waals surface area contributed by atoms with Gasteiger partial charge in [-0.1, -0.05) is 47.6 Å². The number of thiazole rings is 1. The third kappa shape index (κ3) is 3.97. The van der Waals surface area contributed by atoms with Crippen LogP contribution in [0.15, 0.2) is 64.5 Å². The van der Waals surface area contributed by atoms with E-state index in [1.165, 1.54) is 11.3 Å². The summed E-state index contributed by atoms with van der Waals surface area (Å²) in [7, 11) is 0. The molecule has 3 rings (SSSR count). The first-order valence-corrected chi connectivity index (χ1v) is 9.35. The molecule has 3 nitrogen and oxygen atoms in total. The van der Waals surface area contributed by atoms with Crippen LogP contribution in [0.5, 0.6) is 0 Å². The lowest BCUT2D eigenvalue weighted by molar-refractivity contribution is -0.117. The minimum absolute atomic E-state index is 0.115. The second-order valence-electron chi connectivity index (χ2n) is 5.06. The van der Waals surface area contributed by atoms with Crippen LogP contribution in [0.25, 0.3) is 10.2 Å². The lowest BCUT2D eigenvalue weighted by atomic mass is 10.3. The first-order valence-electron chi connectivity index (χ1n) is 7.55. The van der Waals surface area contributed by atoms with E-state index < -0.39 is 0 Å². The zero-order valence-electron chi connectivity index (χ0n) is 13.0. The van der Waals surface area contributed by atoms with Crippen LogP contribution in [0.2, 0.25) is 0 Å². The standard InChI is InChI=1S/C19H16N2OS2/c1-2-13-21-16-10-6-7-11-17(16)24-19(21)20-18(22)12-14-23-15-8-4-3-5-9-15/h1,3-11H,12-14H2. The highest BCUT2D eigenvalue weighted by atomic mass is 32.2. The van der Waals surface area contributed by atoms with Gasteiger partial charge in [0.25, 0.3) is 0 Å². The summed E-state index contributed by atoms with van der Waals surface area (Å²) in [6, 6.07) is 18.0. The van der Waals surface area contributed by atoms with Crippen LogP contribution in [0, 0.1) is 12.3 Å². The van der Waals surface area contributed by atoms with Crippen LogP contribution in [-0.2, 0) is 11.3 Å². The van der Waals surface area contributed by atoms with Crippen molar-refractivity contribution in [2.24, 2.45) is 4.99 Å². The third-order valence-corrected chi connectivity index (χ3v) is 5.46. The maximum atomic E-state index is 12.2. The Morgan fingerprint density at radius 2 is 1.92 bits per heavy atom. The maximum Gasteiger partial charge on any atom is 0.249 e. The molecule has 0 N–H and O–H groups in total. The maximum absolute atomic E-state index is 12.2. The lowest BCUT2D eigenvalue weighted by Gasteiger charge is -2.00. The van der Waals surface area contributed by atoms with E-state index in [2.05, 4.69) is 10.9 Å². The van der Waals surface area contributed by atoms with Crippen molar-refractivity contribution in [2.45, 2.75) is 17.9 Å². The van der Waals surface area contributed by atoms with Gasteiger partial charge in [0, 0.05) is 17.1 Å². The van der Waals surface area contributed by atoms with Gasteiger partial charge in [-0.2, -0.15) is 4.99 Å². The summed E-state index contributed by atoms with van der Waals surface area (Å²) in [6.45, 7) is 0.412. The van der Waals surface area contributed by atoms with Crippen LogP contribution in [0.3, 0.4) is 0 Å². The van der Waals surface area contributed by atoms with E-state index in [0.29, 0.717) is 23.5 Å². The number of thioether (sulfide) groups is 1. The van der Waals surface area contributed by atoms with Crippen molar-refractivity contribution in [3.05, 3.63) is 59.4 Å². The van der Waals surface area contributed by atoms with Crippen molar-refractivity contribution in [3.63, 3.8) is 0 Å². The van der Waals surface area contributed by atoms with Crippen molar-refractivity contribution in [1.82, 2.24) is 4.57 Å². The summed E-state index contributed by atoms with van der Waals surface area (Å²) in [5.74, 6) is 3.23. The van der Waals surface area contributed by atoms with Crippen LogP contribution in [0.1, 0.15) is 6.42 Å². The van der Waals surface area contributed by atoms with Gasteiger partial charge in [-0.25, -0.2) is 0 Å². The first-order chi connectivity index (χ1) is 11.8. The number of para-hydroxylation sites is 1. The van der Waals surface area contributed by atoms with E-state index in [0.717, 1.165) is 15.1 Å². The molecule has 2 aromatic carbocycles. The molecule has 0 saturated carbocycles. The number of carbonyl (C=O) groups excluding carboxylic acids is 1. The highest BCUT2D eigenvalue weighted by molar-refractivity contribution is 7.99. The molecule has 0 spiro atoms. The number of rotatable bonds is 5. The average Bonchev–Trinajstić information content (AvgIpc) is 2.94. The molecule has 0 radical (unpaired) electrons. The molecule has 1 heterocycles. The van der Waals surface area contributed by atoms with E-state index >= 15 is 0 Å². The summed E-state index contributed by atoms with van der Waals surface area (Å²) in [5, 5.41) is 0. The van der Waals surface area contributed by atoms with E-state index in [-0.39, 0.29) is 5.91 Å². The second kappa shape index (κ2) is 8.00. The van der Waals surface area contributed by atoms with Crippen molar-refractivity contribution in [1.29, 1.82) is 0 Å². The zero-order valence-corrected chi connectivity index (χ0v) is 14.6. The molecule has 24 heavy (non-hydrogen) atoms. The van der Waals surface area contributed by atoms with Gasteiger partial charge in [0.1, 0.15) is 0 Å². The van der Waals surface area contributed by atoms with Crippen LogP contribution < -0.4 is 4.80 Å². The molecule has 120 valence electrons. The summed E-state index contributed by atoms with van der Waals surface area (Å²) < 4.78 is 3.00. The summed E-state index contributed by atoms with van der Waals surface area (Å²) in [4.78, 5) is 18.3. The van der Waals surface area contributed by atoms with Gasteiger partial charge in [-0.3, -0.25) is 4.79 Å². The molecule has 5 heteroatoms. The number of nitrogens with zero attached hydrogens (tertiary/aromatic N) is 2. The third-order valence-electron chi connectivity index (χ3n) is 3.39. The van der Waals surface area contributed by atoms with Crippen LogP contribution >= 0.6 is 23.1 Å². The fourth-order valence-electron chi connectivity index (χ4n) is 2.29. The van der Waals surface area contributed by atoms with Crippen molar-refractivity contribution in [3.8, 4) is 12.3 Å². The molecule has 1 amide bonds. The highest BCUT2D eigenvalue weighted by Gasteiger charge is 2.07. The van der Waals surface area contributed by atoms with Gasteiger partial charge in [-0.15, -0.1) is 18.2 Å². The molecule has 0 atom stereocenters. The number of fused-ring (bicyclic) bond motifs is 1. The number of amides is 1.